The van der Waals surface area contributed by atoms with Crippen molar-refractivity contribution in [1.29, 1.82) is 0 Å². The number of carbonyl (C=O) groups is 2. The van der Waals surface area contributed by atoms with E-state index >= 15 is 0 Å². The van der Waals surface area contributed by atoms with Crippen molar-refractivity contribution in [2.75, 3.05) is 11.5 Å². The molecule has 0 saturated carbocycles. The van der Waals surface area contributed by atoms with Crippen LogP contribution in [0.15, 0.2) is 70.7 Å². The van der Waals surface area contributed by atoms with Crippen LogP contribution in [0.4, 0.5) is 5.69 Å². The maximum Gasteiger partial charge on any atom is 0.300 e. The molecule has 1 unspecified atom stereocenters. The molecule has 34 heavy (non-hydrogen) atoms. The van der Waals surface area contributed by atoms with Crippen molar-refractivity contribution in [3.63, 3.8) is 0 Å². The largest absolute Gasteiger partial charge is 0.507 e. The number of nitrogens with zero attached hydrogens (tertiary/aromatic N) is 1. The zero-order valence-electron chi connectivity index (χ0n) is 19.7. The molecule has 1 aliphatic rings. The van der Waals surface area contributed by atoms with Crippen molar-refractivity contribution in [3.8, 4) is 5.75 Å². The summed E-state index contributed by atoms with van der Waals surface area (Å²) >= 11 is 0. The maximum atomic E-state index is 13.2. The van der Waals surface area contributed by atoms with Gasteiger partial charge in [0.05, 0.1) is 12.2 Å². The second-order valence-corrected chi connectivity index (χ2v) is 8.54. The van der Waals surface area contributed by atoms with Crippen LogP contribution in [0.5, 0.6) is 5.75 Å². The lowest BCUT2D eigenvalue weighted by atomic mass is 9.99. The van der Waals surface area contributed by atoms with E-state index in [1.165, 1.54) is 4.90 Å². The SMILES string of the molecule is CCCCCOc1ccc(/C(O)=C2/C(=O)C(=O)N(c3cccc(C)c3)C2c2ccc(C)o2)cc1. The van der Waals surface area contributed by atoms with E-state index < -0.39 is 17.7 Å². The molecular weight excluding hydrogens is 430 g/mol. The molecule has 2 heterocycles. The van der Waals surface area contributed by atoms with Crippen molar-refractivity contribution in [2.45, 2.75) is 46.1 Å². The number of rotatable bonds is 8. The molecule has 1 aromatic heterocycles. The molecule has 1 fully saturated rings. The van der Waals surface area contributed by atoms with Crippen molar-refractivity contribution < 1.29 is 23.8 Å². The van der Waals surface area contributed by atoms with E-state index in [-0.39, 0.29) is 11.3 Å². The molecular formula is C28H29NO5. The molecule has 1 atom stereocenters. The number of furan rings is 1. The van der Waals surface area contributed by atoms with Gasteiger partial charge < -0.3 is 14.3 Å². The summed E-state index contributed by atoms with van der Waals surface area (Å²) in [6, 6.07) is 16.9. The minimum Gasteiger partial charge on any atom is -0.507 e. The summed E-state index contributed by atoms with van der Waals surface area (Å²) in [4.78, 5) is 27.7. The molecule has 1 saturated heterocycles. The van der Waals surface area contributed by atoms with Gasteiger partial charge in [0, 0.05) is 11.3 Å². The highest BCUT2D eigenvalue weighted by atomic mass is 16.5. The van der Waals surface area contributed by atoms with Crippen LogP contribution in [0.25, 0.3) is 5.76 Å². The Morgan fingerprint density at radius 3 is 2.44 bits per heavy atom. The van der Waals surface area contributed by atoms with Crippen LogP contribution >= 0.6 is 0 Å². The second kappa shape index (κ2) is 10.00. The molecule has 2 aromatic carbocycles. The van der Waals surface area contributed by atoms with Gasteiger partial charge in [-0.25, -0.2) is 0 Å². The summed E-state index contributed by atoms with van der Waals surface area (Å²) in [7, 11) is 0. The number of ether oxygens (including phenoxy) is 1. The Kier molecular flexibility index (Phi) is 6.87. The first-order valence-electron chi connectivity index (χ1n) is 11.6. The molecule has 4 rings (SSSR count). The minimum atomic E-state index is -0.875. The Balaban J connectivity index is 1.74. The molecule has 176 valence electrons. The van der Waals surface area contributed by atoms with Gasteiger partial charge in [0.2, 0.25) is 0 Å². The Bertz CT molecular complexity index is 1220. The van der Waals surface area contributed by atoms with E-state index in [0.29, 0.717) is 35.1 Å². The first-order chi connectivity index (χ1) is 16.4. The Hall–Kier alpha value is -3.80. The average molecular weight is 460 g/mol. The molecule has 0 bridgehead atoms. The highest BCUT2D eigenvalue weighted by Crippen LogP contribution is 2.42. The van der Waals surface area contributed by atoms with Gasteiger partial charge in [0.25, 0.3) is 11.7 Å². The number of aliphatic hydroxyl groups is 1. The Morgan fingerprint density at radius 2 is 1.79 bits per heavy atom. The minimum absolute atomic E-state index is 0.00234. The lowest BCUT2D eigenvalue weighted by Gasteiger charge is -2.23. The van der Waals surface area contributed by atoms with Gasteiger partial charge in [-0.05, 0) is 74.4 Å². The Morgan fingerprint density at radius 1 is 1.03 bits per heavy atom. The molecule has 1 amide bonds. The first kappa shape index (κ1) is 23.4. The molecule has 6 heteroatoms. The van der Waals surface area contributed by atoms with Crippen molar-refractivity contribution >= 4 is 23.1 Å². The highest BCUT2D eigenvalue weighted by molar-refractivity contribution is 6.51. The third-order valence-corrected chi connectivity index (χ3v) is 5.90. The van der Waals surface area contributed by atoms with E-state index in [4.69, 9.17) is 9.15 Å². The monoisotopic (exact) mass is 459 g/mol. The van der Waals surface area contributed by atoms with Crippen LogP contribution in [-0.2, 0) is 9.59 Å². The van der Waals surface area contributed by atoms with Gasteiger partial charge in [-0.3, -0.25) is 14.5 Å². The zero-order valence-corrected chi connectivity index (χ0v) is 19.7. The van der Waals surface area contributed by atoms with Crippen LogP contribution in [0.2, 0.25) is 0 Å². The normalized spacial score (nSPS) is 17.4. The maximum absolute atomic E-state index is 13.2. The fraction of sp³-hybridized carbons (Fsp3) is 0.286. The van der Waals surface area contributed by atoms with Crippen molar-refractivity contribution in [1.82, 2.24) is 0 Å². The highest BCUT2D eigenvalue weighted by Gasteiger charge is 2.48. The molecule has 0 radical (unpaired) electrons. The fourth-order valence-electron chi connectivity index (χ4n) is 4.15. The number of hydrogen-bond donors (Lipinski definition) is 1. The standard InChI is InChI=1S/C28H29NO5/c1-4-5-6-16-33-22-13-11-20(12-14-22)26(30)24-25(23-15-10-19(3)34-23)29(28(32)27(24)31)21-9-7-8-18(2)17-21/h7-15,17,25,30H,4-6,16H2,1-3H3/b26-24-. The van der Waals surface area contributed by atoms with E-state index in [0.717, 1.165) is 24.8 Å². The molecule has 3 aromatic rings. The van der Waals surface area contributed by atoms with Gasteiger partial charge in [0.1, 0.15) is 29.1 Å². The number of anilines is 1. The van der Waals surface area contributed by atoms with Crippen LogP contribution in [0, 0.1) is 13.8 Å². The van der Waals surface area contributed by atoms with Gasteiger partial charge in [0.15, 0.2) is 0 Å². The average Bonchev–Trinajstić information content (AvgIpc) is 3.37. The Labute approximate surface area is 199 Å². The van der Waals surface area contributed by atoms with Crippen LogP contribution in [0.3, 0.4) is 0 Å². The number of amides is 1. The summed E-state index contributed by atoms with van der Waals surface area (Å²) in [5.74, 6) is 0.0428. The lowest BCUT2D eigenvalue weighted by molar-refractivity contribution is -0.132. The van der Waals surface area contributed by atoms with Gasteiger partial charge in [-0.15, -0.1) is 0 Å². The predicted molar refractivity (Wildman–Crippen MR) is 131 cm³/mol. The lowest BCUT2D eigenvalue weighted by Crippen LogP contribution is -2.29. The number of Topliss-reactive ketones (excluding diaryl/α,β-unsaturated/α-hetero) is 1. The quantitative estimate of drug-likeness (QED) is 0.191. The van der Waals surface area contributed by atoms with Gasteiger partial charge in [-0.1, -0.05) is 31.9 Å². The third kappa shape index (κ3) is 4.62. The van der Waals surface area contributed by atoms with Gasteiger partial charge in [-0.2, -0.15) is 0 Å². The molecule has 0 aliphatic carbocycles. The van der Waals surface area contributed by atoms with Crippen LogP contribution in [-0.4, -0.2) is 23.4 Å². The molecule has 6 nitrogen and oxygen atoms in total. The van der Waals surface area contributed by atoms with E-state index in [1.807, 2.05) is 25.1 Å². The number of ketones is 1. The number of carbonyl (C=O) groups excluding carboxylic acids is 2. The second-order valence-electron chi connectivity index (χ2n) is 8.54. The predicted octanol–water partition coefficient (Wildman–Crippen LogP) is 6.09. The molecule has 1 aliphatic heterocycles. The number of aryl methyl sites for hydroxylation is 2. The summed E-state index contributed by atoms with van der Waals surface area (Å²) in [6.07, 6.45) is 3.20. The van der Waals surface area contributed by atoms with Crippen LogP contribution < -0.4 is 9.64 Å². The van der Waals surface area contributed by atoms with E-state index in [2.05, 4.69) is 6.92 Å². The van der Waals surface area contributed by atoms with E-state index in [9.17, 15) is 14.7 Å². The number of benzene rings is 2. The number of hydrogen-bond acceptors (Lipinski definition) is 5. The number of aliphatic hydroxyl groups excluding tert-OH is 1. The van der Waals surface area contributed by atoms with Crippen LogP contribution in [0.1, 0.15) is 54.9 Å². The summed E-state index contributed by atoms with van der Waals surface area (Å²) in [5.41, 5.74) is 1.94. The molecule has 1 N–H and O–H groups in total. The number of unbranched alkanes of at least 4 members (excludes halogenated alkanes) is 2. The fourth-order valence-corrected chi connectivity index (χ4v) is 4.15. The molecule has 0 spiro atoms. The third-order valence-electron chi connectivity index (χ3n) is 5.90. The summed E-state index contributed by atoms with van der Waals surface area (Å²) in [6.45, 7) is 6.47. The summed E-state index contributed by atoms with van der Waals surface area (Å²) < 4.78 is 11.6. The first-order valence-corrected chi connectivity index (χ1v) is 11.6. The van der Waals surface area contributed by atoms with E-state index in [1.54, 1.807) is 49.4 Å². The zero-order chi connectivity index (χ0) is 24.2. The topological polar surface area (TPSA) is 80.0 Å². The van der Waals surface area contributed by atoms with Gasteiger partial charge >= 0.3 is 0 Å². The summed E-state index contributed by atoms with van der Waals surface area (Å²) in [5, 5.41) is 11.2. The van der Waals surface area contributed by atoms with Crippen molar-refractivity contribution in [2.24, 2.45) is 0 Å². The smallest absolute Gasteiger partial charge is 0.300 e. The van der Waals surface area contributed by atoms with Crippen molar-refractivity contribution in [3.05, 3.63) is 88.9 Å².